The molecule has 0 saturated heterocycles. The third kappa shape index (κ3) is 4.15. The molecule has 0 radical (unpaired) electrons. The van der Waals surface area contributed by atoms with Crippen LogP contribution in [0, 0.1) is 0 Å². The highest BCUT2D eigenvalue weighted by Gasteiger charge is 2.43. The predicted molar refractivity (Wildman–Crippen MR) is 127 cm³/mol. The van der Waals surface area contributed by atoms with Gasteiger partial charge in [-0.05, 0) is 44.6 Å². The number of fused-ring (bicyclic) bond motifs is 2. The van der Waals surface area contributed by atoms with Crippen LogP contribution in [0.1, 0.15) is 68.2 Å². The van der Waals surface area contributed by atoms with Crippen LogP contribution in [0.5, 0.6) is 5.75 Å². The standard InChI is InChI=1S/C22H30N6O.HI/c1-23-21(24-15-20-27-26-19-10-4-7-13-28(19)20)25-17-14-22(11-5-6-12-22)29-18-9-3-2-8-16(17)18;/h2-3,8-9,17H,4-7,10-15H2,1H3,(H2,23,24,25);1H. The summed E-state index contributed by atoms with van der Waals surface area (Å²) in [7, 11) is 1.82. The molecule has 3 aliphatic rings. The molecule has 1 aliphatic carbocycles. The zero-order chi connectivity index (χ0) is 19.7. The molecule has 1 spiro atoms. The lowest BCUT2D eigenvalue weighted by Gasteiger charge is -2.40. The van der Waals surface area contributed by atoms with Crippen LogP contribution in [0.4, 0.5) is 0 Å². The van der Waals surface area contributed by atoms with E-state index >= 15 is 0 Å². The molecule has 1 aromatic carbocycles. The number of guanidine groups is 1. The van der Waals surface area contributed by atoms with Crippen molar-refractivity contribution in [1.29, 1.82) is 0 Å². The molecular weight excluding hydrogens is 491 g/mol. The second kappa shape index (κ2) is 9.11. The van der Waals surface area contributed by atoms with Crippen molar-refractivity contribution >= 4 is 29.9 Å². The third-order valence-electron chi connectivity index (χ3n) is 6.60. The average molecular weight is 522 g/mol. The van der Waals surface area contributed by atoms with Crippen molar-refractivity contribution in [2.75, 3.05) is 7.05 Å². The fraction of sp³-hybridized carbons (Fsp3) is 0.591. The number of nitrogens with one attached hydrogen (secondary N) is 2. The second-order valence-corrected chi connectivity index (χ2v) is 8.50. The minimum Gasteiger partial charge on any atom is -0.487 e. The summed E-state index contributed by atoms with van der Waals surface area (Å²) >= 11 is 0. The van der Waals surface area contributed by atoms with Gasteiger partial charge in [-0.2, -0.15) is 0 Å². The molecule has 1 aromatic heterocycles. The molecule has 5 rings (SSSR count). The molecule has 2 aromatic rings. The topological polar surface area (TPSA) is 76.4 Å². The molecule has 8 heteroatoms. The van der Waals surface area contributed by atoms with Gasteiger partial charge in [0.25, 0.3) is 0 Å². The van der Waals surface area contributed by atoms with E-state index in [0.717, 1.165) is 55.6 Å². The number of para-hydroxylation sites is 1. The van der Waals surface area contributed by atoms with Crippen molar-refractivity contribution in [1.82, 2.24) is 25.4 Å². The van der Waals surface area contributed by atoms with E-state index in [9.17, 15) is 0 Å². The number of aromatic nitrogens is 3. The maximum absolute atomic E-state index is 6.49. The number of nitrogens with zero attached hydrogens (tertiary/aromatic N) is 4. The molecule has 3 heterocycles. The van der Waals surface area contributed by atoms with Crippen LogP contribution in [-0.4, -0.2) is 33.4 Å². The van der Waals surface area contributed by atoms with Crippen molar-refractivity contribution in [3.05, 3.63) is 41.5 Å². The molecule has 1 unspecified atom stereocenters. The Morgan fingerprint density at radius 3 is 2.87 bits per heavy atom. The Kier molecular flexibility index (Phi) is 6.50. The molecule has 2 N–H and O–H groups in total. The van der Waals surface area contributed by atoms with E-state index in [0.29, 0.717) is 6.54 Å². The smallest absolute Gasteiger partial charge is 0.191 e. The monoisotopic (exact) mass is 522 g/mol. The minimum atomic E-state index is -0.0308. The van der Waals surface area contributed by atoms with Gasteiger partial charge >= 0.3 is 0 Å². The Balaban J connectivity index is 0.00000218. The summed E-state index contributed by atoms with van der Waals surface area (Å²) < 4.78 is 8.74. The van der Waals surface area contributed by atoms with E-state index in [4.69, 9.17) is 4.74 Å². The van der Waals surface area contributed by atoms with E-state index in [2.05, 4.69) is 54.7 Å². The zero-order valence-electron chi connectivity index (χ0n) is 17.6. The number of ether oxygens (including phenoxy) is 1. The van der Waals surface area contributed by atoms with Gasteiger partial charge < -0.3 is 19.9 Å². The van der Waals surface area contributed by atoms with E-state index < -0.39 is 0 Å². The second-order valence-electron chi connectivity index (χ2n) is 8.50. The first-order chi connectivity index (χ1) is 14.3. The van der Waals surface area contributed by atoms with Gasteiger partial charge in [0.05, 0.1) is 12.6 Å². The van der Waals surface area contributed by atoms with Crippen LogP contribution in [0.3, 0.4) is 0 Å². The van der Waals surface area contributed by atoms with E-state index in [1.165, 1.54) is 31.2 Å². The van der Waals surface area contributed by atoms with Crippen molar-refractivity contribution in [2.24, 2.45) is 4.99 Å². The summed E-state index contributed by atoms with van der Waals surface area (Å²) in [5.41, 5.74) is 1.18. The molecule has 162 valence electrons. The van der Waals surface area contributed by atoms with Crippen LogP contribution in [0.15, 0.2) is 29.3 Å². The molecule has 1 atom stereocenters. The van der Waals surface area contributed by atoms with E-state index in [1.807, 2.05) is 7.05 Å². The van der Waals surface area contributed by atoms with Crippen LogP contribution in [0.2, 0.25) is 0 Å². The fourth-order valence-corrected chi connectivity index (χ4v) is 5.09. The van der Waals surface area contributed by atoms with Gasteiger partial charge in [-0.3, -0.25) is 4.99 Å². The Morgan fingerprint density at radius 1 is 1.20 bits per heavy atom. The zero-order valence-corrected chi connectivity index (χ0v) is 19.9. The van der Waals surface area contributed by atoms with Gasteiger partial charge in [-0.15, -0.1) is 34.2 Å². The maximum Gasteiger partial charge on any atom is 0.191 e. The summed E-state index contributed by atoms with van der Waals surface area (Å²) in [5, 5.41) is 15.9. The number of aliphatic imine (C=N–C) groups is 1. The van der Waals surface area contributed by atoms with Gasteiger partial charge in [-0.25, -0.2) is 0 Å². The van der Waals surface area contributed by atoms with E-state index in [1.54, 1.807) is 0 Å². The molecule has 1 fully saturated rings. The first-order valence-corrected chi connectivity index (χ1v) is 10.9. The van der Waals surface area contributed by atoms with Crippen molar-refractivity contribution < 1.29 is 4.74 Å². The first-order valence-electron chi connectivity index (χ1n) is 10.9. The first kappa shape index (κ1) is 21.4. The Labute approximate surface area is 195 Å². The molecule has 0 bridgehead atoms. The van der Waals surface area contributed by atoms with Gasteiger partial charge in [0, 0.05) is 32.0 Å². The number of benzene rings is 1. The molecule has 0 amide bonds. The largest absolute Gasteiger partial charge is 0.487 e. The minimum absolute atomic E-state index is 0. The van der Waals surface area contributed by atoms with Crippen LogP contribution >= 0.6 is 24.0 Å². The highest BCUT2D eigenvalue weighted by atomic mass is 127. The quantitative estimate of drug-likeness (QED) is 0.365. The normalized spacial score (nSPS) is 21.9. The van der Waals surface area contributed by atoms with Crippen molar-refractivity contribution in [3.8, 4) is 5.75 Å². The predicted octanol–water partition coefficient (Wildman–Crippen LogP) is 3.73. The molecular formula is C22H31IN6O. The van der Waals surface area contributed by atoms with Crippen molar-refractivity contribution in [3.63, 3.8) is 0 Å². The summed E-state index contributed by atoms with van der Waals surface area (Å²) in [6, 6.07) is 8.60. The number of halogens is 1. The molecule has 30 heavy (non-hydrogen) atoms. The van der Waals surface area contributed by atoms with Gasteiger partial charge in [-0.1, -0.05) is 18.2 Å². The highest BCUT2D eigenvalue weighted by Crippen LogP contribution is 2.46. The lowest BCUT2D eigenvalue weighted by atomic mass is 9.86. The lowest BCUT2D eigenvalue weighted by Crippen LogP contribution is -2.46. The molecule has 2 aliphatic heterocycles. The maximum atomic E-state index is 6.49. The van der Waals surface area contributed by atoms with Crippen LogP contribution < -0.4 is 15.4 Å². The Hall–Kier alpha value is -1.84. The summed E-state index contributed by atoms with van der Waals surface area (Å²) in [5.74, 6) is 3.91. The summed E-state index contributed by atoms with van der Waals surface area (Å²) in [6.07, 6.45) is 9.19. The average Bonchev–Trinajstić information content (AvgIpc) is 3.38. The Morgan fingerprint density at radius 2 is 2.03 bits per heavy atom. The number of rotatable bonds is 3. The Bertz CT molecular complexity index is 905. The number of aryl methyl sites for hydroxylation is 1. The third-order valence-corrected chi connectivity index (χ3v) is 6.60. The van der Waals surface area contributed by atoms with Crippen LogP contribution in [0.25, 0.3) is 0 Å². The highest BCUT2D eigenvalue weighted by molar-refractivity contribution is 14.0. The SMILES string of the molecule is CN=C(NCc1nnc2n1CCCC2)NC1CC2(CCCC2)Oc2ccccc21.I. The van der Waals surface area contributed by atoms with Crippen LogP contribution in [-0.2, 0) is 19.5 Å². The fourth-order valence-electron chi connectivity index (χ4n) is 5.09. The number of hydrogen-bond donors (Lipinski definition) is 2. The molecule has 7 nitrogen and oxygen atoms in total. The lowest BCUT2D eigenvalue weighted by molar-refractivity contribution is 0.0396. The van der Waals surface area contributed by atoms with Gasteiger partial charge in [0.15, 0.2) is 11.8 Å². The molecule has 1 saturated carbocycles. The summed E-state index contributed by atoms with van der Waals surface area (Å²) in [4.78, 5) is 4.48. The summed E-state index contributed by atoms with van der Waals surface area (Å²) in [6.45, 7) is 1.64. The van der Waals surface area contributed by atoms with Crippen molar-refractivity contribution in [2.45, 2.75) is 76.1 Å². The number of hydrogen-bond acceptors (Lipinski definition) is 4. The van der Waals surface area contributed by atoms with Gasteiger partial charge in [0.1, 0.15) is 17.2 Å². The van der Waals surface area contributed by atoms with E-state index in [-0.39, 0.29) is 35.6 Å². The van der Waals surface area contributed by atoms with Gasteiger partial charge in [0.2, 0.25) is 0 Å².